The predicted molar refractivity (Wildman–Crippen MR) is 100.0 cm³/mol. The van der Waals surface area contributed by atoms with E-state index in [1.165, 1.54) is 13.2 Å². The van der Waals surface area contributed by atoms with Gasteiger partial charge in [-0.15, -0.1) is 0 Å². The summed E-state index contributed by atoms with van der Waals surface area (Å²) in [6, 6.07) is 7.06. The summed E-state index contributed by atoms with van der Waals surface area (Å²) in [6.07, 6.45) is 1.46. The fraction of sp³-hybridized carbons (Fsp3) is 0.211. The summed E-state index contributed by atoms with van der Waals surface area (Å²) >= 11 is 0. The van der Waals surface area contributed by atoms with Gasteiger partial charge in [0, 0.05) is 11.3 Å². The molecule has 0 fully saturated rings. The van der Waals surface area contributed by atoms with E-state index in [1.807, 2.05) is 0 Å². The van der Waals surface area contributed by atoms with Gasteiger partial charge >= 0.3 is 11.7 Å². The number of esters is 1. The fourth-order valence-electron chi connectivity index (χ4n) is 3.19. The third-order valence-corrected chi connectivity index (χ3v) is 4.28. The minimum Gasteiger partial charge on any atom is -0.496 e. The summed E-state index contributed by atoms with van der Waals surface area (Å²) in [6.45, 7) is 5.24. The quantitative estimate of drug-likeness (QED) is 0.545. The smallest absolute Gasteiger partial charge is 0.337 e. The van der Waals surface area contributed by atoms with E-state index in [0.717, 1.165) is 0 Å². The Labute approximate surface area is 154 Å². The average molecular weight is 369 g/mol. The molecule has 1 aromatic heterocycles. The third-order valence-electron chi connectivity index (χ3n) is 4.28. The minimum atomic E-state index is -0.782. The van der Waals surface area contributed by atoms with Gasteiger partial charge in [-0.1, -0.05) is 30.9 Å². The Kier molecular flexibility index (Phi) is 4.98. The van der Waals surface area contributed by atoms with Crippen LogP contribution in [0.4, 0.5) is 5.82 Å². The molecule has 0 radical (unpaired) electrons. The summed E-state index contributed by atoms with van der Waals surface area (Å²) in [7, 11) is 1.50. The lowest BCUT2D eigenvalue weighted by Crippen LogP contribution is -2.35. The molecule has 0 amide bonds. The summed E-state index contributed by atoms with van der Waals surface area (Å²) in [4.78, 5) is 41.8. The molecule has 0 saturated heterocycles. The molecule has 0 aliphatic carbocycles. The van der Waals surface area contributed by atoms with Gasteiger partial charge in [0.05, 0.1) is 24.2 Å². The van der Waals surface area contributed by atoms with Crippen LogP contribution in [0.3, 0.4) is 0 Å². The molecule has 27 heavy (non-hydrogen) atoms. The molecule has 1 atom stereocenters. The van der Waals surface area contributed by atoms with Crippen molar-refractivity contribution in [2.75, 3.05) is 19.0 Å². The van der Waals surface area contributed by atoms with Crippen LogP contribution in [0.15, 0.2) is 57.8 Å². The number of benzene rings is 1. The molecule has 1 aliphatic rings. The Morgan fingerprint density at radius 1 is 1.26 bits per heavy atom. The number of ether oxygens (including phenoxy) is 2. The van der Waals surface area contributed by atoms with Crippen LogP contribution in [0, 0.1) is 0 Å². The zero-order valence-corrected chi connectivity index (χ0v) is 14.9. The largest absolute Gasteiger partial charge is 0.496 e. The Morgan fingerprint density at radius 3 is 2.70 bits per heavy atom. The molecule has 0 spiro atoms. The second-order valence-electron chi connectivity index (χ2n) is 5.92. The first-order valence-corrected chi connectivity index (χ1v) is 8.23. The molecule has 2 aromatic rings. The third kappa shape index (κ3) is 3.29. The van der Waals surface area contributed by atoms with E-state index < -0.39 is 23.1 Å². The molecule has 0 saturated carbocycles. The number of H-pyrrole nitrogens is 2. The highest BCUT2D eigenvalue weighted by Crippen LogP contribution is 2.42. The highest BCUT2D eigenvalue weighted by molar-refractivity contribution is 5.94. The lowest BCUT2D eigenvalue weighted by Gasteiger charge is -2.29. The highest BCUT2D eigenvalue weighted by Gasteiger charge is 2.37. The van der Waals surface area contributed by atoms with Crippen molar-refractivity contribution < 1.29 is 14.3 Å². The van der Waals surface area contributed by atoms with Crippen molar-refractivity contribution in [2.24, 2.45) is 0 Å². The first-order valence-electron chi connectivity index (χ1n) is 8.23. The van der Waals surface area contributed by atoms with Gasteiger partial charge in [0.2, 0.25) is 0 Å². The lowest BCUT2D eigenvalue weighted by atomic mass is 9.82. The van der Waals surface area contributed by atoms with Gasteiger partial charge in [-0.25, -0.2) is 9.59 Å². The van der Waals surface area contributed by atoms with Crippen molar-refractivity contribution in [3.05, 3.63) is 80.2 Å². The molecule has 8 nitrogen and oxygen atoms in total. The molecule has 0 bridgehead atoms. The number of nitrogens with one attached hydrogen (secondary N) is 3. The average Bonchev–Trinajstić information content (AvgIpc) is 2.64. The van der Waals surface area contributed by atoms with E-state index in [2.05, 4.69) is 21.9 Å². The molecule has 3 rings (SSSR count). The maximum Gasteiger partial charge on any atom is 0.337 e. The summed E-state index contributed by atoms with van der Waals surface area (Å²) in [5, 5.41) is 2.92. The van der Waals surface area contributed by atoms with Gasteiger partial charge in [0.15, 0.2) is 0 Å². The van der Waals surface area contributed by atoms with Crippen LogP contribution in [-0.4, -0.2) is 29.7 Å². The summed E-state index contributed by atoms with van der Waals surface area (Å²) in [5.74, 6) is -0.637. The van der Waals surface area contributed by atoms with Crippen molar-refractivity contribution in [1.29, 1.82) is 0 Å². The minimum absolute atomic E-state index is 0.0308. The summed E-state index contributed by atoms with van der Waals surface area (Å²) < 4.78 is 10.7. The molecule has 1 aliphatic heterocycles. The van der Waals surface area contributed by atoms with E-state index >= 15 is 0 Å². The fourth-order valence-corrected chi connectivity index (χ4v) is 3.19. The second kappa shape index (κ2) is 7.36. The van der Waals surface area contributed by atoms with Crippen molar-refractivity contribution >= 4 is 11.8 Å². The van der Waals surface area contributed by atoms with Crippen LogP contribution in [-0.2, 0) is 9.53 Å². The van der Waals surface area contributed by atoms with Crippen LogP contribution < -0.4 is 21.3 Å². The van der Waals surface area contributed by atoms with Crippen molar-refractivity contribution in [1.82, 2.24) is 9.97 Å². The first kappa shape index (κ1) is 18.2. The van der Waals surface area contributed by atoms with E-state index in [1.54, 1.807) is 31.2 Å². The highest BCUT2D eigenvalue weighted by atomic mass is 16.5. The van der Waals surface area contributed by atoms with Gasteiger partial charge in [-0.2, -0.15) is 0 Å². The van der Waals surface area contributed by atoms with Crippen LogP contribution >= 0.6 is 0 Å². The molecule has 8 heteroatoms. The van der Waals surface area contributed by atoms with Gasteiger partial charge in [-0.3, -0.25) is 14.8 Å². The van der Waals surface area contributed by atoms with Gasteiger partial charge in [0.1, 0.15) is 18.2 Å². The number of allylic oxidation sites excluding steroid dienone is 1. The molecule has 3 N–H and O–H groups in total. The number of carbonyl (C=O) groups is 1. The maximum absolute atomic E-state index is 12.7. The molecular formula is C19H19N3O5. The number of anilines is 1. The number of aromatic amines is 2. The summed E-state index contributed by atoms with van der Waals surface area (Å²) in [5.41, 5.74) is 0.287. The van der Waals surface area contributed by atoms with E-state index in [-0.39, 0.29) is 23.6 Å². The number of rotatable bonds is 5. The molecule has 0 unspecified atom stereocenters. The van der Waals surface area contributed by atoms with Crippen LogP contribution in [0.25, 0.3) is 0 Å². The first-order chi connectivity index (χ1) is 13.0. The van der Waals surface area contributed by atoms with Crippen molar-refractivity contribution in [3.8, 4) is 5.75 Å². The van der Waals surface area contributed by atoms with Crippen molar-refractivity contribution in [2.45, 2.75) is 12.8 Å². The molecule has 2 heterocycles. The molecule has 1 aromatic carbocycles. The Bertz CT molecular complexity index is 1050. The number of para-hydroxylation sites is 1. The second-order valence-corrected chi connectivity index (χ2v) is 5.92. The SMILES string of the molecule is C=CCOC(=O)C1=C(C)Nc2[nH]c(=O)[nH]c(=O)c2[C@H]1c1ccccc1OC. The van der Waals surface area contributed by atoms with Gasteiger partial charge < -0.3 is 14.8 Å². The zero-order valence-electron chi connectivity index (χ0n) is 14.9. The van der Waals surface area contributed by atoms with Crippen LogP contribution in [0.1, 0.15) is 24.0 Å². The van der Waals surface area contributed by atoms with Crippen LogP contribution in [0.2, 0.25) is 0 Å². The Hall–Kier alpha value is -3.55. The van der Waals surface area contributed by atoms with Crippen molar-refractivity contribution in [3.63, 3.8) is 0 Å². The van der Waals surface area contributed by atoms with Gasteiger partial charge in [-0.05, 0) is 13.0 Å². The number of carbonyl (C=O) groups excluding carboxylic acids is 1. The standard InChI is InChI=1S/C19H19N3O5/c1-4-9-27-18(24)13-10(2)20-16-15(17(23)22-19(25)21-16)14(13)11-7-5-6-8-12(11)26-3/h4-8,14H,1,9H2,2-3H3,(H3,20,21,22,23,25)/t14-/m0/s1. The predicted octanol–water partition coefficient (Wildman–Crippen LogP) is 1.63. The van der Waals surface area contributed by atoms with E-state index in [9.17, 15) is 14.4 Å². The number of aromatic nitrogens is 2. The number of hydrogen-bond acceptors (Lipinski definition) is 6. The monoisotopic (exact) mass is 369 g/mol. The maximum atomic E-state index is 12.7. The lowest BCUT2D eigenvalue weighted by molar-refractivity contribution is -0.138. The van der Waals surface area contributed by atoms with E-state index in [0.29, 0.717) is 17.0 Å². The molecular weight excluding hydrogens is 350 g/mol. The van der Waals surface area contributed by atoms with Crippen LogP contribution in [0.5, 0.6) is 5.75 Å². The normalized spacial score (nSPS) is 15.6. The number of hydrogen-bond donors (Lipinski definition) is 3. The topological polar surface area (TPSA) is 113 Å². The Morgan fingerprint density at radius 2 is 2.00 bits per heavy atom. The molecule has 140 valence electrons. The Balaban J connectivity index is 2.29. The number of fused-ring (bicyclic) bond motifs is 1. The number of methoxy groups -OCH3 is 1. The van der Waals surface area contributed by atoms with Gasteiger partial charge in [0.25, 0.3) is 5.56 Å². The van der Waals surface area contributed by atoms with E-state index in [4.69, 9.17) is 9.47 Å². The zero-order chi connectivity index (χ0) is 19.6.